The van der Waals surface area contributed by atoms with Crippen LogP contribution in [0.1, 0.15) is 30.3 Å². The Morgan fingerprint density at radius 1 is 1.50 bits per heavy atom. The van der Waals surface area contributed by atoms with Gasteiger partial charge in [0, 0.05) is 13.6 Å². The van der Waals surface area contributed by atoms with E-state index in [0.717, 1.165) is 17.7 Å². The molecule has 0 aliphatic rings. The van der Waals surface area contributed by atoms with E-state index >= 15 is 0 Å². The van der Waals surface area contributed by atoms with Crippen molar-refractivity contribution in [3.8, 4) is 10.6 Å². The van der Waals surface area contributed by atoms with E-state index in [-0.39, 0.29) is 11.6 Å². The molecule has 0 fully saturated rings. The molecule has 106 valence electrons. The molecule has 20 heavy (non-hydrogen) atoms. The molecule has 0 saturated heterocycles. The number of aromatic amines is 1. The minimum absolute atomic E-state index is 0.191. The highest BCUT2D eigenvalue weighted by Crippen LogP contribution is 2.21. The summed E-state index contributed by atoms with van der Waals surface area (Å²) in [7, 11) is 1.73. The van der Waals surface area contributed by atoms with E-state index in [4.69, 9.17) is 0 Å². The summed E-state index contributed by atoms with van der Waals surface area (Å²) in [6.07, 6.45) is 1.95. The summed E-state index contributed by atoms with van der Waals surface area (Å²) in [5.41, 5.74) is 0.325. The molecule has 2 aromatic heterocycles. The third-order valence-electron chi connectivity index (χ3n) is 2.94. The molecule has 6 heteroatoms. The van der Waals surface area contributed by atoms with Gasteiger partial charge < -0.3 is 9.88 Å². The lowest BCUT2D eigenvalue weighted by atomic mass is 10.2. The predicted molar refractivity (Wildman–Crippen MR) is 80.0 cm³/mol. The van der Waals surface area contributed by atoms with Gasteiger partial charge in [-0.3, -0.25) is 4.79 Å². The molecular weight excluding hydrogens is 274 g/mol. The van der Waals surface area contributed by atoms with E-state index in [1.807, 2.05) is 17.5 Å². The molecule has 5 nitrogen and oxygen atoms in total. The van der Waals surface area contributed by atoms with Crippen LogP contribution in [-0.2, 0) is 0 Å². The zero-order valence-corrected chi connectivity index (χ0v) is 12.4. The molecule has 0 radical (unpaired) electrons. The summed E-state index contributed by atoms with van der Waals surface area (Å²) in [6.45, 7) is 2.73. The van der Waals surface area contributed by atoms with Crippen LogP contribution in [-0.4, -0.2) is 34.4 Å². The number of unbranched alkanes of at least 4 members (excludes halogenated alkanes) is 1. The first kappa shape index (κ1) is 14.5. The van der Waals surface area contributed by atoms with Crippen LogP contribution in [0.3, 0.4) is 0 Å². The highest BCUT2D eigenvalue weighted by molar-refractivity contribution is 7.13. The van der Waals surface area contributed by atoms with E-state index in [1.165, 1.54) is 11.3 Å². The molecule has 0 aliphatic carbocycles. The van der Waals surface area contributed by atoms with Crippen molar-refractivity contribution in [2.24, 2.45) is 0 Å². The van der Waals surface area contributed by atoms with Crippen LogP contribution in [0.25, 0.3) is 10.6 Å². The number of aromatic nitrogens is 2. The summed E-state index contributed by atoms with van der Waals surface area (Å²) in [4.78, 5) is 32.8. The fourth-order valence-corrected chi connectivity index (χ4v) is 2.52. The van der Waals surface area contributed by atoms with Crippen molar-refractivity contribution in [2.75, 3.05) is 13.6 Å². The number of amides is 1. The maximum Gasteiger partial charge on any atom is 0.346 e. The summed E-state index contributed by atoms with van der Waals surface area (Å²) >= 11 is 1.50. The maximum atomic E-state index is 12.2. The van der Waals surface area contributed by atoms with Crippen LogP contribution in [0.5, 0.6) is 0 Å². The number of hydrogen-bond acceptors (Lipinski definition) is 4. The van der Waals surface area contributed by atoms with Gasteiger partial charge in [0.25, 0.3) is 5.91 Å². The van der Waals surface area contributed by atoms with Crippen LogP contribution in [0.4, 0.5) is 0 Å². The minimum Gasteiger partial charge on any atom is -0.340 e. The summed E-state index contributed by atoms with van der Waals surface area (Å²) in [6, 6.07) is 5.43. The Labute approximate surface area is 121 Å². The first-order valence-corrected chi connectivity index (χ1v) is 7.40. The van der Waals surface area contributed by atoms with Crippen molar-refractivity contribution in [3.63, 3.8) is 0 Å². The zero-order valence-electron chi connectivity index (χ0n) is 11.5. The fraction of sp³-hybridized carbons (Fsp3) is 0.357. The van der Waals surface area contributed by atoms with Crippen LogP contribution in [0.15, 0.2) is 28.4 Å². The van der Waals surface area contributed by atoms with Crippen molar-refractivity contribution in [2.45, 2.75) is 19.8 Å². The molecule has 2 heterocycles. The first-order chi connectivity index (χ1) is 9.61. The van der Waals surface area contributed by atoms with Gasteiger partial charge in [0.15, 0.2) is 0 Å². The second-order valence-corrected chi connectivity index (χ2v) is 5.49. The molecule has 0 saturated carbocycles. The molecule has 0 spiro atoms. The van der Waals surface area contributed by atoms with Crippen LogP contribution in [0.2, 0.25) is 0 Å². The average molecular weight is 291 g/mol. The van der Waals surface area contributed by atoms with E-state index < -0.39 is 5.69 Å². The molecule has 0 unspecified atom stereocenters. The Morgan fingerprint density at radius 3 is 2.95 bits per heavy atom. The highest BCUT2D eigenvalue weighted by Gasteiger charge is 2.15. The maximum absolute atomic E-state index is 12.2. The Kier molecular flexibility index (Phi) is 4.68. The van der Waals surface area contributed by atoms with E-state index in [1.54, 1.807) is 18.0 Å². The quantitative estimate of drug-likeness (QED) is 0.919. The molecule has 2 aromatic rings. The second kappa shape index (κ2) is 6.47. The molecular formula is C14H17N3O2S. The third-order valence-corrected chi connectivity index (χ3v) is 3.85. The van der Waals surface area contributed by atoms with E-state index in [0.29, 0.717) is 12.2 Å². The van der Waals surface area contributed by atoms with Crippen LogP contribution in [0, 0.1) is 0 Å². The second-order valence-electron chi connectivity index (χ2n) is 4.54. The van der Waals surface area contributed by atoms with Gasteiger partial charge in [-0.2, -0.15) is 4.98 Å². The molecule has 1 amide bonds. The molecule has 2 rings (SSSR count). The van der Waals surface area contributed by atoms with Gasteiger partial charge in [-0.15, -0.1) is 11.3 Å². The number of nitrogens with one attached hydrogen (secondary N) is 1. The van der Waals surface area contributed by atoms with Gasteiger partial charge in [0.1, 0.15) is 5.69 Å². The summed E-state index contributed by atoms with van der Waals surface area (Å²) in [5, 5.41) is 1.92. The number of rotatable bonds is 5. The molecule has 0 atom stereocenters. The third kappa shape index (κ3) is 3.33. The lowest BCUT2D eigenvalue weighted by Gasteiger charge is -2.16. The Morgan fingerprint density at radius 2 is 2.30 bits per heavy atom. The van der Waals surface area contributed by atoms with Crippen molar-refractivity contribution < 1.29 is 4.79 Å². The van der Waals surface area contributed by atoms with Gasteiger partial charge in [-0.25, -0.2) is 4.79 Å². The van der Waals surface area contributed by atoms with Gasteiger partial charge in [-0.1, -0.05) is 19.4 Å². The smallest absolute Gasteiger partial charge is 0.340 e. The van der Waals surface area contributed by atoms with Crippen molar-refractivity contribution in [1.82, 2.24) is 14.9 Å². The number of nitrogens with zero attached hydrogens (tertiary/aromatic N) is 2. The fourth-order valence-electron chi connectivity index (χ4n) is 1.82. The highest BCUT2D eigenvalue weighted by atomic mass is 32.1. The standard InChI is InChI=1S/C14H17N3O2S/c1-3-4-7-17(2)13(18)11-9-10(15-14(19)16-11)12-6-5-8-20-12/h5-6,8-9H,3-4,7H2,1-2H3,(H,15,16,19). The van der Waals surface area contributed by atoms with Crippen LogP contribution < -0.4 is 5.69 Å². The first-order valence-electron chi connectivity index (χ1n) is 6.52. The minimum atomic E-state index is -0.497. The average Bonchev–Trinajstić information content (AvgIpc) is 2.97. The molecule has 0 bridgehead atoms. The lowest BCUT2D eigenvalue weighted by molar-refractivity contribution is 0.0787. The summed E-state index contributed by atoms with van der Waals surface area (Å²) in [5.74, 6) is -0.220. The predicted octanol–water partition coefficient (Wildman–Crippen LogP) is 2.37. The van der Waals surface area contributed by atoms with Gasteiger partial charge in [0.05, 0.1) is 10.6 Å². The van der Waals surface area contributed by atoms with Crippen LogP contribution >= 0.6 is 11.3 Å². The normalized spacial score (nSPS) is 10.5. The molecule has 0 aromatic carbocycles. The molecule has 0 aliphatic heterocycles. The SMILES string of the molecule is CCCCN(C)C(=O)c1cc(-c2cccs2)[nH]c(=O)n1. The zero-order chi connectivity index (χ0) is 14.5. The Bertz CT molecular complexity index is 634. The van der Waals surface area contributed by atoms with Gasteiger partial charge in [0.2, 0.25) is 0 Å². The van der Waals surface area contributed by atoms with E-state index in [2.05, 4.69) is 16.9 Å². The monoisotopic (exact) mass is 291 g/mol. The number of thiophene rings is 1. The molecule has 1 N–H and O–H groups in total. The Hall–Kier alpha value is -1.95. The lowest BCUT2D eigenvalue weighted by Crippen LogP contribution is -2.30. The van der Waals surface area contributed by atoms with Gasteiger partial charge in [-0.05, 0) is 23.9 Å². The summed E-state index contributed by atoms with van der Waals surface area (Å²) < 4.78 is 0. The van der Waals surface area contributed by atoms with E-state index in [9.17, 15) is 9.59 Å². The van der Waals surface area contributed by atoms with Crippen molar-refractivity contribution in [3.05, 3.63) is 39.8 Å². The number of carbonyl (C=O) groups is 1. The Balaban J connectivity index is 2.28. The van der Waals surface area contributed by atoms with Crippen molar-refractivity contribution >= 4 is 17.2 Å². The topological polar surface area (TPSA) is 66.1 Å². The van der Waals surface area contributed by atoms with Gasteiger partial charge >= 0.3 is 5.69 Å². The number of hydrogen-bond donors (Lipinski definition) is 1. The number of H-pyrrole nitrogens is 1. The van der Waals surface area contributed by atoms with Crippen molar-refractivity contribution in [1.29, 1.82) is 0 Å². The largest absolute Gasteiger partial charge is 0.346 e. The number of carbonyl (C=O) groups excluding carboxylic acids is 1.